The second-order valence-corrected chi connectivity index (χ2v) is 4.94. The Morgan fingerprint density at radius 1 is 1.25 bits per heavy atom. The molecule has 0 fully saturated rings. The maximum absolute atomic E-state index is 5.69. The standard InChI is InChI=1S/C16H27N3O/c1-5-10-18-16(17-6-2)19-12-14-8-7-9-15(11-14)20-13(3)4/h7-9,11,13H,5-6,10,12H2,1-4H3,(H2,17,18,19). The molecule has 2 N–H and O–H groups in total. The van der Waals surface area contributed by atoms with Crippen molar-refractivity contribution in [1.82, 2.24) is 10.6 Å². The lowest BCUT2D eigenvalue weighted by molar-refractivity contribution is 0.242. The molecule has 0 aliphatic heterocycles. The molecule has 0 aromatic heterocycles. The first-order valence-corrected chi connectivity index (χ1v) is 7.43. The Morgan fingerprint density at radius 3 is 2.70 bits per heavy atom. The smallest absolute Gasteiger partial charge is 0.191 e. The van der Waals surface area contributed by atoms with Crippen LogP contribution in [-0.4, -0.2) is 25.2 Å². The zero-order valence-electron chi connectivity index (χ0n) is 13.1. The van der Waals surface area contributed by atoms with E-state index in [2.05, 4.69) is 35.5 Å². The molecule has 0 saturated carbocycles. The van der Waals surface area contributed by atoms with Crippen molar-refractivity contribution >= 4 is 5.96 Å². The summed E-state index contributed by atoms with van der Waals surface area (Å²) in [6.45, 7) is 10.7. The fourth-order valence-electron chi connectivity index (χ4n) is 1.74. The van der Waals surface area contributed by atoms with E-state index in [1.165, 1.54) is 0 Å². The first-order chi connectivity index (χ1) is 9.65. The fourth-order valence-corrected chi connectivity index (χ4v) is 1.74. The zero-order chi connectivity index (χ0) is 14.8. The third kappa shape index (κ3) is 6.45. The highest BCUT2D eigenvalue weighted by atomic mass is 16.5. The van der Waals surface area contributed by atoms with Crippen molar-refractivity contribution in [3.63, 3.8) is 0 Å². The summed E-state index contributed by atoms with van der Waals surface area (Å²) in [5, 5.41) is 6.54. The minimum absolute atomic E-state index is 0.192. The number of ether oxygens (including phenoxy) is 1. The lowest BCUT2D eigenvalue weighted by Crippen LogP contribution is -2.37. The molecule has 4 heteroatoms. The highest BCUT2D eigenvalue weighted by molar-refractivity contribution is 5.79. The molecule has 0 amide bonds. The van der Waals surface area contributed by atoms with E-state index in [1.807, 2.05) is 32.0 Å². The van der Waals surface area contributed by atoms with E-state index in [9.17, 15) is 0 Å². The Morgan fingerprint density at radius 2 is 2.05 bits per heavy atom. The van der Waals surface area contributed by atoms with Crippen LogP contribution >= 0.6 is 0 Å². The number of aliphatic imine (C=N–C) groups is 1. The van der Waals surface area contributed by atoms with Gasteiger partial charge in [-0.15, -0.1) is 0 Å². The van der Waals surface area contributed by atoms with Crippen molar-refractivity contribution in [1.29, 1.82) is 0 Å². The van der Waals surface area contributed by atoms with Crippen LogP contribution in [0.15, 0.2) is 29.3 Å². The Hall–Kier alpha value is -1.71. The Bertz CT molecular complexity index is 416. The molecule has 0 spiro atoms. The molecule has 20 heavy (non-hydrogen) atoms. The average molecular weight is 277 g/mol. The molecule has 0 saturated heterocycles. The summed E-state index contributed by atoms with van der Waals surface area (Å²) in [6.07, 6.45) is 1.28. The van der Waals surface area contributed by atoms with Crippen molar-refractivity contribution in [2.45, 2.75) is 46.8 Å². The van der Waals surface area contributed by atoms with Gasteiger partial charge >= 0.3 is 0 Å². The molecule has 4 nitrogen and oxygen atoms in total. The number of hydrogen-bond acceptors (Lipinski definition) is 2. The molecular formula is C16H27N3O. The predicted molar refractivity (Wildman–Crippen MR) is 85.3 cm³/mol. The van der Waals surface area contributed by atoms with E-state index >= 15 is 0 Å². The molecule has 0 aliphatic rings. The summed E-state index contributed by atoms with van der Waals surface area (Å²) in [5.74, 6) is 1.77. The van der Waals surface area contributed by atoms with Crippen LogP contribution < -0.4 is 15.4 Å². The second-order valence-electron chi connectivity index (χ2n) is 4.94. The van der Waals surface area contributed by atoms with Crippen LogP contribution in [0.5, 0.6) is 5.75 Å². The van der Waals surface area contributed by atoms with Crippen LogP contribution in [0.3, 0.4) is 0 Å². The average Bonchev–Trinajstić information content (AvgIpc) is 2.41. The van der Waals surface area contributed by atoms with Crippen molar-refractivity contribution in [2.75, 3.05) is 13.1 Å². The zero-order valence-corrected chi connectivity index (χ0v) is 13.1. The fraction of sp³-hybridized carbons (Fsp3) is 0.562. The number of nitrogens with zero attached hydrogens (tertiary/aromatic N) is 1. The summed E-state index contributed by atoms with van der Waals surface area (Å²) in [5.41, 5.74) is 1.15. The van der Waals surface area contributed by atoms with Crippen molar-refractivity contribution < 1.29 is 4.74 Å². The molecule has 1 aromatic rings. The topological polar surface area (TPSA) is 45.7 Å². The maximum Gasteiger partial charge on any atom is 0.191 e. The van der Waals surface area contributed by atoms with E-state index in [1.54, 1.807) is 0 Å². The number of rotatable bonds is 7. The van der Waals surface area contributed by atoms with Gasteiger partial charge in [-0.25, -0.2) is 4.99 Å². The van der Waals surface area contributed by atoms with E-state index < -0.39 is 0 Å². The van der Waals surface area contributed by atoms with E-state index in [-0.39, 0.29) is 6.10 Å². The van der Waals surface area contributed by atoms with Gasteiger partial charge in [0, 0.05) is 13.1 Å². The monoisotopic (exact) mass is 277 g/mol. The largest absolute Gasteiger partial charge is 0.491 e. The molecule has 0 radical (unpaired) electrons. The SMILES string of the molecule is CCCNC(=NCc1cccc(OC(C)C)c1)NCC. The summed E-state index contributed by atoms with van der Waals surface area (Å²) in [4.78, 5) is 4.58. The Kier molecular flexibility index (Phi) is 7.55. The number of nitrogens with one attached hydrogen (secondary N) is 2. The highest BCUT2D eigenvalue weighted by Crippen LogP contribution is 2.15. The third-order valence-electron chi connectivity index (χ3n) is 2.58. The molecular weight excluding hydrogens is 250 g/mol. The van der Waals surface area contributed by atoms with Gasteiger partial charge in [0.2, 0.25) is 0 Å². The Labute approximate surface area is 122 Å². The summed E-state index contributed by atoms with van der Waals surface area (Å²) < 4.78 is 5.69. The van der Waals surface area contributed by atoms with Gasteiger partial charge < -0.3 is 15.4 Å². The molecule has 0 heterocycles. The molecule has 112 valence electrons. The van der Waals surface area contributed by atoms with Gasteiger partial charge in [-0.1, -0.05) is 19.1 Å². The number of hydrogen-bond donors (Lipinski definition) is 2. The second kappa shape index (κ2) is 9.23. The van der Waals surface area contributed by atoms with Crippen molar-refractivity contribution in [2.24, 2.45) is 4.99 Å². The quantitative estimate of drug-likeness (QED) is 0.595. The lowest BCUT2D eigenvalue weighted by Gasteiger charge is -2.12. The Balaban J connectivity index is 2.65. The van der Waals surface area contributed by atoms with Gasteiger partial charge in [0.1, 0.15) is 5.75 Å². The number of guanidine groups is 1. The van der Waals surface area contributed by atoms with Gasteiger partial charge in [0.15, 0.2) is 5.96 Å². The third-order valence-corrected chi connectivity index (χ3v) is 2.58. The lowest BCUT2D eigenvalue weighted by atomic mass is 10.2. The van der Waals surface area contributed by atoms with Crippen molar-refractivity contribution in [3.8, 4) is 5.75 Å². The van der Waals surface area contributed by atoms with Gasteiger partial charge in [0.25, 0.3) is 0 Å². The van der Waals surface area contributed by atoms with Crippen LogP contribution in [0.2, 0.25) is 0 Å². The highest BCUT2D eigenvalue weighted by Gasteiger charge is 2.00. The van der Waals surface area contributed by atoms with Gasteiger partial charge in [-0.3, -0.25) is 0 Å². The predicted octanol–water partition coefficient (Wildman–Crippen LogP) is 2.94. The summed E-state index contributed by atoms with van der Waals surface area (Å²) in [6, 6.07) is 8.11. The maximum atomic E-state index is 5.69. The molecule has 0 atom stereocenters. The summed E-state index contributed by atoms with van der Waals surface area (Å²) >= 11 is 0. The molecule has 0 bridgehead atoms. The minimum atomic E-state index is 0.192. The molecule has 1 aromatic carbocycles. The van der Waals surface area contributed by atoms with Crippen LogP contribution in [-0.2, 0) is 6.54 Å². The number of benzene rings is 1. The van der Waals surface area contributed by atoms with Crippen LogP contribution in [0.25, 0.3) is 0 Å². The van der Waals surface area contributed by atoms with Gasteiger partial charge in [-0.2, -0.15) is 0 Å². The minimum Gasteiger partial charge on any atom is -0.491 e. The van der Waals surface area contributed by atoms with E-state index in [0.717, 1.165) is 36.8 Å². The first-order valence-electron chi connectivity index (χ1n) is 7.43. The van der Waals surface area contributed by atoms with E-state index in [0.29, 0.717) is 6.54 Å². The van der Waals surface area contributed by atoms with E-state index in [4.69, 9.17) is 4.74 Å². The molecule has 1 rings (SSSR count). The van der Waals surface area contributed by atoms with Crippen LogP contribution in [0.1, 0.15) is 39.7 Å². The van der Waals surface area contributed by atoms with Crippen molar-refractivity contribution in [3.05, 3.63) is 29.8 Å². The van der Waals surface area contributed by atoms with Crippen LogP contribution in [0, 0.1) is 0 Å². The van der Waals surface area contributed by atoms with Crippen LogP contribution in [0.4, 0.5) is 0 Å². The molecule has 0 unspecified atom stereocenters. The van der Waals surface area contributed by atoms with Gasteiger partial charge in [-0.05, 0) is 44.9 Å². The summed E-state index contributed by atoms with van der Waals surface area (Å²) in [7, 11) is 0. The molecule has 0 aliphatic carbocycles. The van der Waals surface area contributed by atoms with Gasteiger partial charge in [0.05, 0.1) is 12.6 Å². The first kappa shape index (κ1) is 16.3. The normalized spacial score (nSPS) is 11.6.